The van der Waals surface area contributed by atoms with Gasteiger partial charge in [-0.3, -0.25) is 0 Å². The molecule has 1 aromatic rings. The summed E-state index contributed by atoms with van der Waals surface area (Å²) in [6, 6.07) is 6.58. The quantitative estimate of drug-likeness (QED) is 0.501. The molecule has 0 aliphatic heterocycles. The first-order valence-electron chi connectivity index (χ1n) is 8.68. The molecule has 0 amide bonds. The van der Waals surface area contributed by atoms with Gasteiger partial charge in [-0.15, -0.1) is 5.92 Å². The lowest BCUT2D eigenvalue weighted by Crippen LogP contribution is -2.31. The summed E-state index contributed by atoms with van der Waals surface area (Å²) >= 11 is 0. The highest BCUT2D eigenvalue weighted by atomic mass is 32.2. The van der Waals surface area contributed by atoms with Crippen LogP contribution in [-0.2, 0) is 10.0 Å². The van der Waals surface area contributed by atoms with Gasteiger partial charge in [0, 0.05) is 13.0 Å². The van der Waals surface area contributed by atoms with Crippen molar-refractivity contribution in [2.75, 3.05) is 6.54 Å². The summed E-state index contributed by atoms with van der Waals surface area (Å²) in [6.45, 7) is 3.99. The Kier molecular flexibility index (Phi) is 9.70. The van der Waals surface area contributed by atoms with E-state index in [0.29, 0.717) is 0 Å². The molecule has 5 heteroatoms. The second kappa shape index (κ2) is 11.2. The van der Waals surface area contributed by atoms with Gasteiger partial charge in [-0.2, -0.15) is 0 Å². The van der Waals surface area contributed by atoms with Gasteiger partial charge < -0.3 is 5.11 Å². The van der Waals surface area contributed by atoms with Crippen LogP contribution in [0.4, 0.5) is 0 Å². The molecule has 1 rings (SSSR count). The number of hydrogen-bond donors (Lipinski definition) is 2. The highest BCUT2D eigenvalue weighted by Crippen LogP contribution is 2.09. The third-order valence-electron chi connectivity index (χ3n) is 3.72. The molecule has 4 nitrogen and oxygen atoms in total. The number of sulfonamides is 1. The molecule has 0 radical (unpaired) electrons. The first-order valence-corrected chi connectivity index (χ1v) is 10.2. The van der Waals surface area contributed by atoms with Gasteiger partial charge in [0.2, 0.25) is 10.0 Å². The predicted octanol–water partition coefficient (Wildman–Crippen LogP) is 3.39. The van der Waals surface area contributed by atoms with Gasteiger partial charge in [-0.25, -0.2) is 13.1 Å². The Balaban J connectivity index is 2.29. The topological polar surface area (TPSA) is 66.4 Å². The van der Waals surface area contributed by atoms with E-state index in [-0.39, 0.29) is 11.4 Å². The Morgan fingerprint density at radius 3 is 2.38 bits per heavy atom. The maximum absolute atomic E-state index is 12.1. The highest BCUT2D eigenvalue weighted by molar-refractivity contribution is 7.89. The molecule has 0 aliphatic rings. The molecule has 0 fully saturated rings. The van der Waals surface area contributed by atoms with E-state index in [4.69, 9.17) is 0 Å². The second-order valence-corrected chi connectivity index (χ2v) is 7.79. The van der Waals surface area contributed by atoms with Gasteiger partial charge in [-0.05, 0) is 25.5 Å². The Morgan fingerprint density at radius 1 is 1.08 bits per heavy atom. The molecule has 24 heavy (non-hydrogen) atoms. The molecule has 0 aromatic heterocycles. The standard InChI is InChI=1S/C19H29NO3S/c1-3-4-5-6-7-8-9-10-11-18(21)16-20-24(22,23)19-14-12-17(2)13-15-19/h12-15,18,20-21H,3-9,16H2,1-2H3. The van der Waals surface area contributed by atoms with E-state index in [2.05, 4.69) is 23.5 Å². The molecule has 1 aromatic carbocycles. The Bertz CT molecular complexity index is 627. The van der Waals surface area contributed by atoms with Crippen molar-refractivity contribution in [1.82, 2.24) is 4.72 Å². The minimum Gasteiger partial charge on any atom is -0.379 e. The largest absolute Gasteiger partial charge is 0.379 e. The Morgan fingerprint density at radius 2 is 1.71 bits per heavy atom. The van der Waals surface area contributed by atoms with E-state index in [1.54, 1.807) is 24.3 Å². The number of unbranched alkanes of at least 4 members (excludes halogenated alkanes) is 6. The lowest BCUT2D eigenvalue weighted by molar-refractivity contribution is 0.235. The lowest BCUT2D eigenvalue weighted by Gasteiger charge is -2.08. The summed E-state index contributed by atoms with van der Waals surface area (Å²) < 4.78 is 26.5. The average molecular weight is 352 g/mol. The summed E-state index contributed by atoms with van der Waals surface area (Å²) in [5.41, 5.74) is 0.995. The van der Waals surface area contributed by atoms with E-state index in [1.807, 2.05) is 6.92 Å². The molecule has 0 saturated heterocycles. The van der Waals surface area contributed by atoms with Crippen LogP contribution in [0.15, 0.2) is 29.2 Å². The summed E-state index contributed by atoms with van der Waals surface area (Å²) in [4.78, 5) is 0.195. The van der Waals surface area contributed by atoms with Crippen LogP contribution in [0.2, 0.25) is 0 Å². The third kappa shape index (κ3) is 8.49. The molecule has 134 valence electrons. The van der Waals surface area contributed by atoms with Gasteiger partial charge >= 0.3 is 0 Å². The first kappa shape index (κ1) is 20.7. The number of rotatable bonds is 10. The molecular weight excluding hydrogens is 322 g/mol. The normalized spacial score (nSPS) is 12.5. The molecule has 0 aliphatic carbocycles. The lowest BCUT2D eigenvalue weighted by atomic mass is 10.1. The minimum atomic E-state index is -3.60. The number of hydrogen-bond acceptors (Lipinski definition) is 3. The molecule has 0 saturated carbocycles. The zero-order valence-electron chi connectivity index (χ0n) is 14.7. The van der Waals surface area contributed by atoms with Crippen LogP contribution in [0, 0.1) is 18.8 Å². The Labute approximate surface area is 146 Å². The van der Waals surface area contributed by atoms with Crippen LogP contribution in [0.25, 0.3) is 0 Å². The number of aryl methyl sites for hydroxylation is 1. The van der Waals surface area contributed by atoms with E-state index in [1.165, 1.54) is 25.7 Å². The van der Waals surface area contributed by atoms with Gasteiger partial charge in [0.1, 0.15) is 6.10 Å². The zero-order valence-corrected chi connectivity index (χ0v) is 15.5. The number of benzene rings is 1. The van der Waals surface area contributed by atoms with E-state index < -0.39 is 16.1 Å². The van der Waals surface area contributed by atoms with E-state index in [0.717, 1.165) is 24.8 Å². The number of aliphatic hydroxyl groups is 1. The summed E-state index contributed by atoms with van der Waals surface area (Å²) in [6.07, 6.45) is 6.97. The minimum absolute atomic E-state index is 0.0975. The maximum Gasteiger partial charge on any atom is 0.240 e. The maximum atomic E-state index is 12.1. The van der Waals surface area contributed by atoms with Crippen LogP contribution in [0.3, 0.4) is 0 Å². The monoisotopic (exact) mass is 351 g/mol. The van der Waals surface area contributed by atoms with Gasteiger partial charge in [-0.1, -0.05) is 62.6 Å². The fraction of sp³-hybridized carbons (Fsp3) is 0.579. The van der Waals surface area contributed by atoms with Crippen molar-refractivity contribution < 1.29 is 13.5 Å². The fourth-order valence-corrected chi connectivity index (χ4v) is 3.26. The second-order valence-electron chi connectivity index (χ2n) is 6.02. The summed E-state index contributed by atoms with van der Waals surface area (Å²) in [5, 5.41) is 9.78. The van der Waals surface area contributed by atoms with Crippen molar-refractivity contribution in [3.8, 4) is 11.8 Å². The van der Waals surface area contributed by atoms with Crippen molar-refractivity contribution in [3.63, 3.8) is 0 Å². The predicted molar refractivity (Wildman–Crippen MR) is 98.1 cm³/mol. The van der Waals surface area contributed by atoms with Gasteiger partial charge in [0.05, 0.1) is 4.90 Å². The van der Waals surface area contributed by atoms with Crippen LogP contribution >= 0.6 is 0 Å². The highest BCUT2D eigenvalue weighted by Gasteiger charge is 2.14. The molecule has 2 N–H and O–H groups in total. The third-order valence-corrected chi connectivity index (χ3v) is 5.16. The van der Waals surface area contributed by atoms with Crippen molar-refractivity contribution in [2.45, 2.75) is 69.8 Å². The van der Waals surface area contributed by atoms with Gasteiger partial charge in [0.15, 0.2) is 0 Å². The van der Waals surface area contributed by atoms with Crippen molar-refractivity contribution in [2.24, 2.45) is 0 Å². The first-order chi connectivity index (χ1) is 11.5. The fourth-order valence-electron chi connectivity index (χ4n) is 2.22. The van der Waals surface area contributed by atoms with E-state index >= 15 is 0 Å². The molecular formula is C19H29NO3S. The van der Waals surface area contributed by atoms with Crippen LogP contribution in [0.1, 0.15) is 57.4 Å². The Hall–Kier alpha value is -1.35. The molecule has 0 heterocycles. The van der Waals surface area contributed by atoms with Crippen LogP contribution < -0.4 is 4.72 Å². The van der Waals surface area contributed by atoms with Crippen LogP contribution in [-0.4, -0.2) is 26.2 Å². The summed E-state index contributed by atoms with van der Waals surface area (Å²) in [7, 11) is -3.60. The van der Waals surface area contributed by atoms with Crippen LogP contribution in [0.5, 0.6) is 0 Å². The smallest absolute Gasteiger partial charge is 0.240 e. The van der Waals surface area contributed by atoms with Crippen molar-refractivity contribution in [1.29, 1.82) is 0 Å². The van der Waals surface area contributed by atoms with Gasteiger partial charge in [0.25, 0.3) is 0 Å². The van der Waals surface area contributed by atoms with E-state index in [9.17, 15) is 13.5 Å². The molecule has 0 bridgehead atoms. The number of nitrogens with one attached hydrogen (secondary N) is 1. The van der Waals surface area contributed by atoms with Crippen molar-refractivity contribution >= 4 is 10.0 Å². The molecule has 1 atom stereocenters. The summed E-state index contributed by atoms with van der Waals surface area (Å²) in [5.74, 6) is 5.62. The average Bonchev–Trinajstić information content (AvgIpc) is 2.56. The van der Waals surface area contributed by atoms with Crippen molar-refractivity contribution in [3.05, 3.63) is 29.8 Å². The number of aliphatic hydroxyl groups excluding tert-OH is 1. The zero-order chi connectivity index (χ0) is 17.8. The molecule has 0 spiro atoms. The SMILES string of the molecule is CCCCCCCCC#CC(O)CNS(=O)(=O)c1ccc(C)cc1. The molecule has 1 unspecified atom stereocenters.